The molecule has 0 spiro atoms. The van der Waals surface area contributed by atoms with Crippen LogP contribution < -0.4 is 10.6 Å². The molecule has 0 unspecified atom stereocenters. The first kappa shape index (κ1) is 19.6. The fourth-order valence-electron chi connectivity index (χ4n) is 4.18. The van der Waals surface area contributed by atoms with Crippen molar-refractivity contribution in [3.05, 3.63) is 57.6 Å². The third kappa shape index (κ3) is 4.45. The van der Waals surface area contributed by atoms with Gasteiger partial charge in [0.2, 0.25) is 5.91 Å². The number of halogens is 2. The van der Waals surface area contributed by atoms with E-state index in [0.29, 0.717) is 17.4 Å². The van der Waals surface area contributed by atoms with Gasteiger partial charge in [-0.05, 0) is 80.2 Å². The summed E-state index contributed by atoms with van der Waals surface area (Å²) in [6, 6.07) is 12.0. The zero-order chi connectivity index (χ0) is 19.5. The fourth-order valence-corrected chi connectivity index (χ4v) is 4.64. The molecule has 28 heavy (non-hydrogen) atoms. The van der Waals surface area contributed by atoms with Crippen LogP contribution in [0, 0.1) is 0 Å². The fraction of sp³-hybridized carbons (Fsp3) is 0.409. The number of rotatable bonds is 6. The van der Waals surface area contributed by atoms with Gasteiger partial charge in [0.25, 0.3) is 0 Å². The second-order valence-corrected chi connectivity index (χ2v) is 8.42. The molecule has 1 saturated heterocycles. The highest BCUT2D eigenvalue weighted by molar-refractivity contribution is 6.42. The molecule has 148 valence electrons. The van der Waals surface area contributed by atoms with Crippen molar-refractivity contribution in [2.24, 2.45) is 0 Å². The molecule has 0 radical (unpaired) electrons. The summed E-state index contributed by atoms with van der Waals surface area (Å²) in [5.74, 6) is 0.581. The average molecular weight is 418 g/mol. The number of piperidine rings is 1. The molecule has 1 fully saturated rings. The third-order valence-corrected chi connectivity index (χ3v) is 6.55. The topological polar surface area (TPSA) is 44.4 Å². The average Bonchev–Trinajstić information content (AvgIpc) is 3.07. The lowest BCUT2D eigenvalue weighted by atomic mass is 9.89. The Morgan fingerprint density at radius 2 is 1.96 bits per heavy atom. The molecule has 0 saturated carbocycles. The number of fused-ring (bicyclic) bond motifs is 1. The van der Waals surface area contributed by atoms with Gasteiger partial charge in [0.1, 0.15) is 0 Å². The number of nitrogens with zero attached hydrogens (tertiary/aromatic N) is 1. The Bertz CT molecular complexity index is 863. The molecule has 2 aromatic carbocycles. The van der Waals surface area contributed by atoms with E-state index in [1.165, 1.54) is 5.56 Å². The first-order chi connectivity index (χ1) is 13.6. The van der Waals surface area contributed by atoms with Crippen molar-refractivity contribution < 1.29 is 4.79 Å². The first-order valence-corrected chi connectivity index (χ1v) is 10.7. The van der Waals surface area contributed by atoms with Gasteiger partial charge in [-0.3, -0.25) is 4.79 Å². The first-order valence-electron chi connectivity index (χ1n) is 9.93. The van der Waals surface area contributed by atoms with E-state index in [2.05, 4.69) is 27.7 Å². The lowest BCUT2D eigenvalue weighted by molar-refractivity contribution is -0.115. The van der Waals surface area contributed by atoms with Crippen LogP contribution in [0.15, 0.2) is 36.4 Å². The summed E-state index contributed by atoms with van der Waals surface area (Å²) in [4.78, 5) is 14.0. The largest absolute Gasteiger partial charge is 0.385 e. The van der Waals surface area contributed by atoms with E-state index in [0.717, 1.165) is 67.4 Å². The van der Waals surface area contributed by atoms with Crippen LogP contribution >= 0.6 is 23.2 Å². The van der Waals surface area contributed by atoms with Crippen molar-refractivity contribution >= 4 is 40.5 Å². The molecule has 0 bridgehead atoms. The minimum absolute atomic E-state index is 0.0783. The highest BCUT2D eigenvalue weighted by Crippen LogP contribution is 2.36. The molecule has 0 aromatic heterocycles. The summed E-state index contributed by atoms with van der Waals surface area (Å²) in [5.41, 5.74) is 4.31. The van der Waals surface area contributed by atoms with Gasteiger partial charge in [-0.2, -0.15) is 0 Å². The van der Waals surface area contributed by atoms with Gasteiger partial charge in [0, 0.05) is 17.9 Å². The van der Waals surface area contributed by atoms with Crippen LogP contribution in [0.2, 0.25) is 10.0 Å². The van der Waals surface area contributed by atoms with E-state index < -0.39 is 0 Å². The van der Waals surface area contributed by atoms with Crippen LogP contribution in [0.3, 0.4) is 0 Å². The van der Waals surface area contributed by atoms with Crippen LogP contribution in [0.1, 0.15) is 36.3 Å². The number of benzene rings is 2. The summed E-state index contributed by atoms with van der Waals surface area (Å²) in [5, 5.41) is 7.72. The lowest BCUT2D eigenvalue weighted by Gasteiger charge is -2.32. The van der Waals surface area contributed by atoms with E-state index in [1.54, 1.807) is 0 Å². The molecule has 2 aromatic rings. The number of carbonyl (C=O) groups excluding carboxylic acids is 1. The van der Waals surface area contributed by atoms with Crippen LogP contribution in [-0.4, -0.2) is 37.0 Å². The number of anilines is 2. The van der Waals surface area contributed by atoms with Gasteiger partial charge in [-0.25, -0.2) is 0 Å². The minimum atomic E-state index is 0.0783. The normalized spacial score (nSPS) is 17.4. The molecule has 2 heterocycles. The number of nitrogens with one attached hydrogen (secondary N) is 2. The zero-order valence-corrected chi connectivity index (χ0v) is 17.3. The molecule has 1 amide bonds. The Labute approximate surface area is 176 Å². The summed E-state index contributed by atoms with van der Waals surface area (Å²) < 4.78 is 0. The summed E-state index contributed by atoms with van der Waals surface area (Å²) in [6.07, 6.45) is 3.83. The summed E-state index contributed by atoms with van der Waals surface area (Å²) >= 11 is 12.6. The smallest absolute Gasteiger partial charge is 0.228 e. The number of carbonyl (C=O) groups is 1. The van der Waals surface area contributed by atoms with Crippen LogP contribution in [0.4, 0.5) is 11.4 Å². The van der Waals surface area contributed by atoms with Gasteiger partial charge in [-0.15, -0.1) is 0 Å². The van der Waals surface area contributed by atoms with Crippen molar-refractivity contribution in [1.82, 2.24) is 4.90 Å². The Hall–Kier alpha value is -1.75. The predicted molar refractivity (Wildman–Crippen MR) is 117 cm³/mol. The molecule has 4 nitrogen and oxygen atoms in total. The van der Waals surface area contributed by atoms with Gasteiger partial charge < -0.3 is 15.5 Å². The van der Waals surface area contributed by atoms with E-state index >= 15 is 0 Å². The van der Waals surface area contributed by atoms with E-state index in [-0.39, 0.29) is 5.91 Å². The number of amides is 1. The monoisotopic (exact) mass is 417 g/mol. The maximum Gasteiger partial charge on any atom is 0.228 e. The molecule has 2 aliphatic rings. The Morgan fingerprint density at radius 1 is 1.14 bits per heavy atom. The van der Waals surface area contributed by atoms with Crippen molar-refractivity contribution in [2.45, 2.75) is 31.6 Å². The van der Waals surface area contributed by atoms with E-state index in [4.69, 9.17) is 23.2 Å². The SMILES string of the molecule is O=C1Cc2cc(NCCCN3CCC(c4cccc(Cl)c4Cl)CC3)ccc2N1. The predicted octanol–water partition coefficient (Wildman–Crippen LogP) is 5.17. The van der Waals surface area contributed by atoms with Gasteiger partial charge in [0.15, 0.2) is 0 Å². The van der Waals surface area contributed by atoms with Crippen molar-refractivity contribution in [3.63, 3.8) is 0 Å². The third-order valence-electron chi connectivity index (χ3n) is 5.72. The van der Waals surface area contributed by atoms with Crippen LogP contribution in [0.25, 0.3) is 0 Å². The molecule has 0 aliphatic carbocycles. The minimum Gasteiger partial charge on any atom is -0.385 e. The van der Waals surface area contributed by atoms with E-state index in [9.17, 15) is 4.79 Å². The van der Waals surface area contributed by atoms with Crippen molar-refractivity contribution in [3.8, 4) is 0 Å². The second kappa shape index (κ2) is 8.73. The molecule has 4 rings (SSSR count). The van der Waals surface area contributed by atoms with Crippen molar-refractivity contribution in [2.75, 3.05) is 36.8 Å². The highest BCUT2D eigenvalue weighted by Gasteiger charge is 2.22. The van der Waals surface area contributed by atoms with Gasteiger partial charge in [0.05, 0.1) is 16.5 Å². The maximum absolute atomic E-state index is 11.4. The number of hydrogen-bond donors (Lipinski definition) is 2. The van der Waals surface area contributed by atoms with Crippen LogP contribution in [0.5, 0.6) is 0 Å². The van der Waals surface area contributed by atoms with Crippen molar-refractivity contribution in [1.29, 1.82) is 0 Å². The Kier molecular flexibility index (Phi) is 6.10. The second-order valence-electron chi connectivity index (χ2n) is 7.64. The molecule has 0 atom stereocenters. The molecule has 6 heteroatoms. The Morgan fingerprint density at radius 3 is 2.79 bits per heavy atom. The highest BCUT2D eigenvalue weighted by atomic mass is 35.5. The van der Waals surface area contributed by atoms with Crippen LogP contribution in [-0.2, 0) is 11.2 Å². The quantitative estimate of drug-likeness (QED) is 0.637. The van der Waals surface area contributed by atoms with E-state index in [1.807, 2.05) is 24.3 Å². The zero-order valence-electron chi connectivity index (χ0n) is 15.8. The molecular weight excluding hydrogens is 393 g/mol. The standard InChI is InChI=1S/C22H25Cl2N3O/c23-19-4-1-3-18(22(19)24)15-7-11-27(12-8-15)10-2-9-25-17-5-6-20-16(13-17)14-21(28)26-20/h1,3-6,13,15,25H,2,7-12,14H2,(H,26,28). The molecule has 2 N–H and O–H groups in total. The molecular formula is C22H25Cl2N3O. The summed E-state index contributed by atoms with van der Waals surface area (Å²) in [7, 11) is 0. The van der Waals surface area contributed by atoms with Gasteiger partial charge in [-0.1, -0.05) is 35.3 Å². The Balaban J connectivity index is 1.20. The molecule has 2 aliphatic heterocycles. The lowest BCUT2D eigenvalue weighted by Crippen LogP contribution is -2.34. The maximum atomic E-state index is 11.4. The van der Waals surface area contributed by atoms with Gasteiger partial charge >= 0.3 is 0 Å². The summed E-state index contributed by atoms with van der Waals surface area (Å²) in [6.45, 7) is 4.22. The number of hydrogen-bond acceptors (Lipinski definition) is 3. The number of likely N-dealkylation sites (tertiary alicyclic amines) is 1.